The van der Waals surface area contributed by atoms with Crippen LogP contribution in [0.25, 0.3) is 5.69 Å². The molecule has 2 aromatic rings. The van der Waals surface area contributed by atoms with Gasteiger partial charge >= 0.3 is 0 Å². The highest BCUT2D eigenvalue weighted by Gasteiger charge is 2.26. The monoisotopic (exact) mass is 330 g/mol. The molecule has 0 saturated carbocycles. The van der Waals surface area contributed by atoms with Gasteiger partial charge in [0.15, 0.2) is 23.1 Å². The van der Waals surface area contributed by atoms with E-state index in [0.29, 0.717) is 43.0 Å². The number of primary amides is 1. The molecular formula is C16H18N4O4. The lowest BCUT2D eigenvalue weighted by molar-refractivity contribution is -0.117. The van der Waals surface area contributed by atoms with Crippen LogP contribution in [0.15, 0.2) is 18.2 Å². The first-order valence-electron chi connectivity index (χ1n) is 7.96. The van der Waals surface area contributed by atoms with Gasteiger partial charge in [-0.2, -0.15) is 5.10 Å². The van der Waals surface area contributed by atoms with Crippen LogP contribution >= 0.6 is 0 Å². The van der Waals surface area contributed by atoms with Gasteiger partial charge in [-0.25, -0.2) is 9.67 Å². The maximum absolute atomic E-state index is 11.2. The largest absolute Gasteiger partial charge is 0.486 e. The number of hydrogen-bond donors (Lipinski definition) is 1. The van der Waals surface area contributed by atoms with Gasteiger partial charge in [-0.05, 0) is 25.0 Å². The average Bonchev–Trinajstić information content (AvgIpc) is 3.23. The number of hydrogen-bond acceptors (Lipinski definition) is 6. The second-order valence-electron chi connectivity index (χ2n) is 5.77. The minimum atomic E-state index is -0.465. The molecule has 2 N–H and O–H groups in total. The lowest BCUT2D eigenvalue weighted by Crippen LogP contribution is -2.16. The number of amides is 1. The van der Waals surface area contributed by atoms with Crippen molar-refractivity contribution in [3.05, 3.63) is 29.8 Å². The van der Waals surface area contributed by atoms with E-state index in [1.165, 1.54) is 0 Å². The molecule has 4 rings (SSSR count). The maximum atomic E-state index is 11.2. The Labute approximate surface area is 138 Å². The molecule has 1 amide bonds. The van der Waals surface area contributed by atoms with E-state index >= 15 is 0 Å². The van der Waals surface area contributed by atoms with Gasteiger partial charge in [0.05, 0.1) is 12.1 Å². The smallest absolute Gasteiger partial charge is 0.225 e. The van der Waals surface area contributed by atoms with Gasteiger partial charge < -0.3 is 19.9 Å². The fourth-order valence-corrected chi connectivity index (χ4v) is 2.94. The van der Waals surface area contributed by atoms with Crippen molar-refractivity contribution < 1.29 is 19.0 Å². The van der Waals surface area contributed by atoms with Gasteiger partial charge in [0.25, 0.3) is 0 Å². The molecular weight excluding hydrogens is 312 g/mol. The number of benzene rings is 1. The van der Waals surface area contributed by atoms with Crippen molar-refractivity contribution in [2.24, 2.45) is 5.73 Å². The molecule has 24 heavy (non-hydrogen) atoms. The molecule has 1 atom stereocenters. The molecule has 1 saturated heterocycles. The number of aromatic nitrogens is 3. The molecule has 1 aromatic heterocycles. The predicted octanol–water partition coefficient (Wildman–Crippen LogP) is 0.918. The second-order valence-corrected chi connectivity index (χ2v) is 5.77. The molecule has 2 aliphatic rings. The standard InChI is InChI=1S/C16H18N4O4/c17-14(21)9-15-18-16(12-2-1-5-22-12)20(19-15)10-3-4-11-13(8-10)24-7-6-23-11/h3-4,8,12H,1-2,5-7,9H2,(H2,17,21)/t12-/m1/s1. The maximum Gasteiger partial charge on any atom is 0.225 e. The number of nitrogens with zero attached hydrogens (tertiary/aromatic N) is 3. The fourth-order valence-electron chi connectivity index (χ4n) is 2.94. The zero-order chi connectivity index (χ0) is 16.5. The van der Waals surface area contributed by atoms with Crippen LogP contribution in [0.2, 0.25) is 0 Å². The quantitative estimate of drug-likeness (QED) is 0.894. The highest BCUT2D eigenvalue weighted by Crippen LogP contribution is 2.34. The highest BCUT2D eigenvalue weighted by molar-refractivity contribution is 5.75. The number of rotatable bonds is 4. The summed E-state index contributed by atoms with van der Waals surface area (Å²) in [4.78, 5) is 15.7. The lowest BCUT2D eigenvalue weighted by Gasteiger charge is -2.19. The summed E-state index contributed by atoms with van der Waals surface area (Å²) >= 11 is 0. The summed E-state index contributed by atoms with van der Waals surface area (Å²) in [6.07, 6.45) is 1.72. The molecule has 0 aliphatic carbocycles. The van der Waals surface area contributed by atoms with Gasteiger partial charge in [0.2, 0.25) is 5.91 Å². The zero-order valence-electron chi connectivity index (χ0n) is 13.1. The Morgan fingerprint density at radius 1 is 1.25 bits per heavy atom. The van der Waals surface area contributed by atoms with Crippen LogP contribution in [0.3, 0.4) is 0 Å². The van der Waals surface area contributed by atoms with Crippen molar-refractivity contribution in [1.82, 2.24) is 14.8 Å². The van der Waals surface area contributed by atoms with E-state index in [1.807, 2.05) is 18.2 Å². The minimum absolute atomic E-state index is 0.00271. The Balaban J connectivity index is 1.75. The Kier molecular flexibility index (Phi) is 3.81. The summed E-state index contributed by atoms with van der Waals surface area (Å²) in [7, 11) is 0. The summed E-state index contributed by atoms with van der Waals surface area (Å²) in [6, 6.07) is 5.59. The summed E-state index contributed by atoms with van der Waals surface area (Å²) in [5.74, 6) is 1.99. The fraction of sp³-hybridized carbons (Fsp3) is 0.438. The van der Waals surface area contributed by atoms with Crippen LogP contribution in [0, 0.1) is 0 Å². The Morgan fingerprint density at radius 3 is 2.83 bits per heavy atom. The van der Waals surface area contributed by atoms with E-state index in [1.54, 1.807) is 4.68 Å². The molecule has 126 valence electrons. The lowest BCUT2D eigenvalue weighted by atomic mass is 10.2. The Hall–Kier alpha value is -2.61. The summed E-state index contributed by atoms with van der Waals surface area (Å²) in [5, 5.41) is 4.44. The number of carbonyl (C=O) groups is 1. The van der Waals surface area contributed by atoms with E-state index in [-0.39, 0.29) is 12.5 Å². The molecule has 0 bridgehead atoms. The summed E-state index contributed by atoms with van der Waals surface area (Å²) < 4.78 is 18.6. The molecule has 3 heterocycles. The van der Waals surface area contributed by atoms with Crippen molar-refractivity contribution in [2.75, 3.05) is 19.8 Å². The van der Waals surface area contributed by atoms with E-state index in [4.69, 9.17) is 19.9 Å². The van der Waals surface area contributed by atoms with E-state index in [0.717, 1.165) is 18.5 Å². The number of nitrogens with two attached hydrogens (primary N) is 1. The summed E-state index contributed by atoms with van der Waals surface area (Å²) in [5.41, 5.74) is 6.06. The van der Waals surface area contributed by atoms with Gasteiger partial charge in [-0.3, -0.25) is 4.79 Å². The van der Waals surface area contributed by atoms with Crippen LogP contribution in [0.1, 0.15) is 30.6 Å². The van der Waals surface area contributed by atoms with Gasteiger partial charge in [-0.15, -0.1) is 0 Å². The number of fused-ring (bicyclic) bond motifs is 1. The predicted molar refractivity (Wildman–Crippen MR) is 83.2 cm³/mol. The van der Waals surface area contributed by atoms with Crippen molar-refractivity contribution in [1.29, 1.82) is 0 Å². The number of carbonyl (C=O) groups excluding carboxylic acids is 1. The van der Waals surface area contributed by atoms with E-state index in [2.05, 4.69) is 10.1 Å². The topological polar surface area (TPSA) is 101 Å². The molecule has 0 unspecified atom stereocenters. The second kappa shape index (κ2) is 6.12. The normalized spacial score (nSPS) is 19.4. The molecule has 1 aromatic carbocycles. The van der Waals surface area contributed by atoms with Gasteiger partial charge in [0, 0.05) is 12.7 Å². The third-order valence-electron chi connectivity index (χ3n) is 4.00. The molecule has 8 heteroatoms. The first-order valence-corrected chi connectivity index (χ1v) is 7.96. The van der Waals surface area contributed by atoms with Crippen molar-refractivity contribution in [3.63, 3.8) is 0 Å². The first kappa shape index (κ1) is 14.9. The highest BCUT2D eigenvalue weighted by atomic mass is 16.6. The van der Waals surface area contributed by atoms with Crippen LogP contribution < -0.4 is 15.2 Å². The van der Waals surface area contributed by atoms with Crippen LogP contribution in [-0.4, -0.2) is 40.5 Å². The molecule has 0 radical (unpaired) electrons. The van der Waals surface area contributed by atoms with Crippen molar-refractivity contribution in [2.45, 2.75) is 25.4 Å². The van der Waals surface area contributed by atoms with Crippen LogP contribution in [0.5, 0.6) is 11.5 Å². The SMILES string of the molecule is NC(=O)Cc1nc([C@H]2CCCO2)n(-c2ccc3c(c2)OCCO3)n1. The first-order chi connectivity index (χ1) is 11.7. The van der Waals surface area contributed by atoms with Gasteiger partial charge in [0.1, 0.15) is 19.3 Å². The van der Waals surface area contributed by atoms with Crippen LogP contribution in [-0.2, 0) is 16.0 Å². The van der Waals surface area contributed by atoms with Crippen molar-refractivity contribution in [3.8, 4) is 17.2 Å². The summed E-state index contributed by atoms with van der Waals surface area (Å²) in [6.45, 7) is 1.75. The van der Waals surface area contributed by atoms with Crippen LogP contribution in [0.4, 0.5) is 0 Å². The molecule has 1 fully saturated rings. The molecule has 2 aliphatic heterocycles. The third kappa shape index (κ3) is 2.80. The molecule has 0 spiro atoms. The van der Waals surface area contributed by atoms with Crippen molar-refractivity contribution >= 4 is 5.91 Å². The average molecular weight is 330 g/mol. The van der Waals surface area contributed by atoms with Gasteiger partial charge in [-0.1, -0.05) is 0 Å². The third-order valence-corrected chi connectivity index (χ3v) is 4.00. The van der Waals surface area contributed by atoms with E-state index in [9.17, 15) is 4.79 Å². The molecule has 8 nitrogen and oxygen atoms in total. The Morgan fingerprint density at radius 2 is 2.08 bits per heavy atom. The minimum Gasteiger partial charge on any atom is -0.486 e. The number of ether oxygens (including phenoxy) is 3. The zero-order valence-corrected chi connectivity index (χ0v) is 13.1. The van der Waals surface area contributed by atoms with E-state index < -0.39 is 5.91 Å². The Bertz CT molecular complexity index is 767.